The summed E-state index contributed by atoms with van der Waals surface area (Å²) in [6.07, 6.45) is 2.49. The minimum atomic E-state index is -0.375. The Labute approximate surface area is 113 Å². The van der Waals surface area contributed by atoms with Crippen LogP contribution in [0.3, 0.4) is 0 Å². The van der Waals surface area contributed by atoms with Crippen molar-refractivity contribution in [2.45, 2.75) is 44.9 Å². The zero-order valence-corrected chi connectivity index (χ0v) is 11.3. The normalized spacial score (nSPS) is 23.7. The molecule has 1 saturated carbocycles. The van der Waals surface area contributed by atoms with Crippen LogP contribution in [-0.4, -0.2) is 23.7 Å². The molecular weight excluding hydrogens is 244 g/mol. The maximum absolute atomic E-state index is 10.6. The predicted molar refractivity (Wildman–Crippen MR) is 73.1 cm³/mol. The number of benzene rings is 1. The number of hydrogen-bond donors (Lipinski definition) is 1. The summed E-state index contributed by atoms with van der Waals surface area (Å²) in [5.74, 6) is 0. The monoisotopic (exact) mass is 264 g/mol. The van der Waals surface area contributed by atoms with E-state index in [1.165, 1.54) is 0 Å². The minimum Gasteiger partial charge on any atom is -0.378 e. The molecule has 104 valence electrons. The van der Waals surface area contributed by atoms with Crippen molar-refractivity contribution in [2.75, 3.05) is 6.61 Å². The summed E-state index contributed by atoms with van der Waals surface area (Å²) in [6.45, 7) is 4.87. The van der Waals surface area contributed by atoms with Gasteiger partial charge >= 0.3 is 0 Å². The number of ether oxygens (including phenoxy) is 1. The first kappa shape index (κ1) is 14.0. The number of rotatable bonds is 6. The van der Waals surface area contributed by atoms with Gasteiger partial charge < -0.3 is 10.1 Å². The Morgan fingerprint density at radius 3 is 2.58 bits per heavy atom. The second kappa shape index (κ2) is 6.12. The summed E-state index contributed by atoms with van der Waals surface area (Å²) in [4.78, 5) is 10.2. The molecule has 0 amide bonds. The van der Waals surface area contributed by atoms with Gasteiger partial charge in [-0.15, -0.1) is 0 Å². The van der Waals surface area contributed by atoms with E-state index in [4.69, 9.17) is 4.74 Å². The first-order chi connectivity index (χ1) is 9.10. The van der Waals surface area contributed by atoms with Crippen molar-refractivity contribution in [1.82, 2.24) is 5.32 Å². The Kier molecular flexibility index (Phi) is 4.50. The molecule has 0 heterocycles. The Morgan fingerprint density at radius 1 is 1.42 bits per heavy atom. The molecule has 0 saturated heterocycles. The molecule has 0 radical (unpaired) electrons. The van der Waals surface area contributed by atoms with Gasteiger partial charge in [-0.1, -0.05) is 12.1 Å². The van der Waals surface area contributed by atoms with Gasteiger partial charge in [0.15, 0.2) is 0 Å². The van der Waals surface area contributed by atoms with E-state index in [1.54, 1.807) is 12.1 Å². The number of non-ortho nitro benzene ring substituents is 1. The van der Waals surface area contributed by atoms with Gasteiger partial charge in [-0.05, 0) is 32.3 Å². The van der Waals surface area contributed by atoms with Gasteiger partial charge in [0.1, 0.15) is 0 Å². The molecule has 1 aliphatic rings. The molecule has 5 nitrogen and oxygen atoms in total. The van der Waals surface area contributed by atoms with Gasteiger partial charge in [-0.2, -0.15) is 0 Å². The lowest BCUT2D eigenvalue weighted by atomic mass is 9.88. The van der Waals surface area contributed by atoms with Crippen molar-refractivity contribution in [1.29, 1.82) is 0 Å². The fourth-order valence-corrected chi connectivity index (χ4v) is 2.41. The van der Waals surface area contributed by atoms with Crippen molar-refractivity contribution in [3.05, 3.63) is 39.9 Å². The Bertz CT molecular complexity index is 427. The van der Waals surface area contributed by atoms with Crippen molar-refractivity contribution in [2.24, 2.45) is 0 Å². The van der Waals surface area contributed by atoms with Crippen LogP contribution in [0, 0.1) is 10.1 Å². The van der Waals surface area contributed by atoms with E-state index in [1.807, 2.05) is 19.1 Å². The number of nitro groups is 1. The maximum Gasteiger partial charge on any atom is 0.269 e. The second-order valence-electron chi connectivity index (χ2n) is 4.98. The van der Waals surface area contributed by atoms with E-state index in [-0.39, 0.29) is 16.7 Å². The largest absolute Gasteiger partial charge is 0.378 e. The molecule has 0 spiro atoms. The van der Waals surface area contributed by atoms with Crippen molar-refractivity contribution in [3.8, 4) is 0 Å². The zero-order valence-electron chi connectivity index (χ0n) is 11.3. The summed E-state index contributed by atoms with van der Waals surface area (Å²) in [6, 6.07) is 7.42. The molecule has 0 aliphatic heterocycles. The highest BCUT2D eigenvalue weighted by atomic mass is 16.6. The van der Waals surface area contributed by atoms with Crippen LogP contribution < -0.4 is 5.32 Å². The molecule has 1 aromatic rings. The topological polar surface area (TPSA) is 64.4 Å². The van der Waals surface area contributed by atoms with Gasteiger partial charge in [-0.3, -0.25) is 10.1 Å². The second-order valence-corrected chi connectivity index (χ2v) is 4.98. The summed E-state index contributed by atoms with van der Waals surface area (Å²) < 4.78 is 5.52. The van der Waals surface area contributed by atoms with E-state index < -0.39 is 0 Å². The van der Waals surface area contributed by atoms with Crippen LogP contribution in [-0.2, 0) is 4.74 Å². The number of nitro benzene ring substituents is 1. The molecular formula is C14H20N2O3. The Morgan fingerprint density at radius 2 is 2.05 bits per heavy atom. The summed E-state index contributed by atoms with van der Waals surface area (Å²) in [5, 5.41) is 14.1. The minimum absolute atomic E-state index is 0.135. The third-order valence-corrected chi connectivity index (χ3v) is 3.59. The van der Waals surface area contributed by atoms with Gasteiger partial charge in [-0.25, -0.2) is 0 Å². The summed E-state index contributed by atoms with van der Waals surface area (Å²) in [7, 11) is 0. The quantitative estimate of drug-likeness (QED) is 0.634. The van der Waals surface area contributed by atoms with Gasteiger partial charge in [0, 0.05) is 30.8 Å². The van der Waals surface area contributed by atoms with Gasteiger partial charge in [0.2, 0.25) is 0 Å². The molecule has 19 heavy (non-hydrogen) atoms. The van der Waals surface area contributed by atoms with E-state index in [2.05, 4.69) is 12.2 Å². The third kappa shape index (κ3) is 3.52. The SMILES string of the molecule is CCOC1CC(NC(C)c2ccc([N+](=O)[O-])cc2)C1. The zero-order chi connectivity index (χ0) is 13.8. The van der Waals surface area contributed by atoms with E-state index in [9.17, 15) is 10.1 Å². The van der Waals surface area contributed by atoms with E-state index >= 15 is 0 Å². The standard InChI is InChI=1S/C14H20N2O3/c1-3-19-14-8-12(9-14)15-10(2)11-4-6-13(7-5-11)16(17)18/h4-7,10,12,14-15H,3,8-9H2,1-2H3. The lowest BCUT2D eigenvalue weighted by molar-refractivity contribution is -0.384. The molecule has 1 fully saturated rings. The lowest BCUT2D eigenvalue weighted by Gasteiger charge is -2.37. The first-order valence-corrected chi connectivity index (χ1v) is 6.72. The molecule has 0 aromatic heterocycles. The highest BCUT2D eigenvalue weighted by molar-refractivity contribution is 5.34. The van der Waals surface area contributed by atoms with Gasteiger partial charge in [0.05, 0.1) is 11.0 Å². The molecule has 1 aromatic carbocycles. The predicted octanol–water partition coefficient (Wildman–Crippen LogP) is 2.81. The average Bonchev–Trinajstić information content (AvgIpc) is 2.36. The molecule has 5 heteroatoms. The lowest BCUT2D eigenvalue weighted by Crippen LogP contribution is -2.46. The number of nitrogens with zero attached hydrogens (tertiary/aromatic N) is 1. The third-order valence-electron chi connectivity index (χ3n) is 3.59. The average molecular weight is 264 g/mol. The van der Waals surface area contributed by atoms with Gasteiger partial charge in [0.25, 0.3) is 5.69 Å². The van der Waals surface area contributed by atoms with E-state index in [0.717, 1.165) is 25.0 Å². The maximum atomic E-state index is 10.6. The van der Waals surface area contributed by atoms with Crippen molar-refractivity contribution >= 4 is 5.69 Å². The Balaban J connectivity index is 1.83. The van der Waals surface area contributed by atoms with E-state index in [0.29, 0.717) is 12.1 Å². The molecule has 0 bridgehead atoms. The molecule has 1 aliphatic carbocycles. The van der Waals surface area contributed by atoms with Crippen molar-refractivity contribution < 1.29 is 9.66 Å². The van der Waals surface area contributed by atoms with Crippen LogP contribution >= 0.6 is 0 Å². The Hall–Kier alpha value is -1.46. The van der Waals surface area contributed by atoms with Crippen LogP contribution in [0.15, 0.2) is 24.3 Å². The smallest absolute Gasteiger partial charge is 0.269 e. The first-order valence-electron chi connectivity index (χ1n) is 6.72. The molecule has 1 unspecified atom stereocenters. The summed E-state index contributed by atoms with van der Waals surface area (Å²) in [5.41, 5.74) is 1.21. The summed E-state index contributed by atoms with van der Waals surface area (Å²) >= 11 is 0. The van der Waals surface area contributed by atoms with Crippen molar-refractivity contribution in [3.63, 3.8) is 0 Å². The van der Waals surface area contributed by atoms with Crippen LogP contribution in [0.25, 0.3) is 0 Å². The fourth-order valence-electron chi connectivity index (χ4n) is 2.41. The number of hydrogen-bond acceptors (Lipinski definition) is 4. The number of nitrogens with one attached hydrogen (secondary N) is 1. The fraction of sp³-hybridized carbons (Fsp3) is 0.571. The van der Waals surface area contributed by atoms with Crippen LogP contribution in [0.4, 0.5) is 5.69 Å². The molecule has 2 rings (SSSR count). The highest BCUT2D eigenvalue weighted by Gasteiger charge is 2.30. The molecule has 1 atom stereocenters. The van der Waals surface area contributed by atoms with Crippen LogP contribution in [0.5, 0.6) is 0 Å². The van der Waals surface area contributed by atoms with Crippen LogP contribution in [0.1, 0.15) is 38.3 Å². The molecule has 1 N–H and O–H groups in total. The highest BCUT2D eigenvalue weighted by Crippen LogP contribution is 2.26. The van der Waals surface area contributed by atoms with Crippen LogP contribution in [0.2, 0.25) is 0 Å².